The predicted molar refractivity (Wildman–Crippen MR) is 103 cm³/mol. The van der Waals surface area contributed by atoms with Crippen LogP contribution >= 0.6 is 0 Å². The Bertz CT molecular complexity index is 822. The lowest BCUT2D eigenvalue weighted by Gasteiger charge is -2.48. The van der Waals surface area contributed by atoms with E-state index in [9.17, 15) is 4.79 Å². The van der Waals surface area contributed by atoms with Gasteiger partial charge in [0.25, 0.3) is 5.91 Å². The molecular weight excluding hydrogens is 340 g/mol. The number of aromatic nitrogens is 4. The number of piperidine rings is 2. The largest absolute Gasteiger partial charge is 0.340 e. The van der Waals surface area contributed by atoms with Crippen LogP contribution in [0.2, 0.25) is 0 Å². The average molecular weight is 366 g/mol. The van der Waals surface area contributed by atoms with Crippen LogP contribution in [0.4, 0.5) is 5.95 Å². The zero-order valence-electron chi connectivity index (χ0n) is 16.1. The van der Waals surface area contributed by atoms with Crippen molar-refractivity contribution in [1.82, 2.24) is 24.8 Å². The van der Waals surface area contributed by atoms with Crippen molar-refractivity contribution in [2.45, 2.75) is 39.5 Å². The van der Waals surface area contributed by atoms with Gasteiger partial charge >= 0.3 is 0 Å². The summed E-state index contributed by atoms with van der Waals surface area (Å²) < 4.78 is 0. The smallest absolute Gasteiger partial charge is 0.257 e. The molecule has 2 fully saturated rings. The highest BCUT2D eigenvalue weighted by Gasteiger charge is 2.41. The van der Waals surface area contributed by atoms with Crippen molar-refractivity contribution >= 4 is 11.9 Å². The molecule has 0 saturated carbocycles. The van der Waals surface area contributed by atoms with Crippen LogP contribution in [0.25, 0.3) is 0 Å². The van der Waals surface area contributed by atoms with E-state index in [4.69, 9.17) is 0 Å². The van der Waals surface area contributed by atoms with Crippen LogP contribution in [-0.2, 0) is 0 Å². The zero-order valence-corrected chi connectivity index (χ0v) is 16.1. The number of carbonyl (C=O) groups excluding carboxylic acids is 1. The molecule has 2 saturated heterocycles. The van der Waals surface area contributed by atoms with E-state index in [-0.39, 0.29) is 11.3 Å². The van der Waals surface area contributed by atoms with Crippen molar-refractivity contribution in [3.8, 4) is 0 Å². The third-order valence-electron chi connectivity index (χ3n) is 5.78. The Labute approximate surface area is 159 Å². The summed E-state index contributed by atoms with van der Waals surface area (Å²) in [4.78, 5) is 34.8. The van der Waals surface area contributed by atoms with Crippen LogP contribution in [0, 0.1) is 19.3 Å². The fourth-order valence-corrected chi connectivity index (χ4v) is 4.51. The number of nitrogens with zero attached hydrogens (tertiary/aromatic N) is 6. The number of rotatable bonds is 2. The molecule has 2 aromatic heterocycles. The molecule has 2 aliphatic rings. The maximum Gasteiger partial charge on any atom is 0.257 e. The summed E-state index contributed by atoms with van der Waals surface area (Å²) in [6.45, 7) is 7.20. The topological polar surface area (TPSA) is 75.1 Å². The van der Waals surface area contributed by atoms with Crippen molar-refractivity contribution < 1.29 is 4.79 Å². The average Bonchev–Trinajstić information content (AvgIpc) is 2.68. The van der Waals surface area contributed by atoms with E-state index in [1.54, 1.807) is 18.6 Å². The highest BCUT2D eigenvalue weighted by Crippen LogP contribution is 2.39. The summed E-state index contributed by atoms with van der Waals surface area (Å²) in [6, 6.07) is 1.84. The third-order valence-corrected chi connectivity index (χ3v) is 5.78. The van der Waals surface area contributed by atoms with Crippen LogP contribution in [-0.4, -0.2) is 56.9 Å². The number of hydrogen-bond donors (Lipinski definition) is 0. The summed E-state index contributed by atoms with van der Waals surface area (Å²) >= 11 is 0. The number of anilines is 1. The van der Waals surface area contributed by atoms with Crippen LogP contribution < -0.4 is 4.90 Å². The van der Waals surface area contributed by atoms with Gasteiger partial charge in [0.2, 0.25) is 5.95 Å². The number of aryl methyl sites for hydroxylation is 2. The lowest BCUT2D eigenvalue weighted by Crippen LogP contribution is -2.54. The summed E-state index contributed by atoms with van der Waals surface area (Å²) in [7, 11) is 0. The van der Waals surface area contributed by atoms with Crippen molar-refractivity contribution in [2.24, 2.45) is 5.41 Å². The van der Waals surface area contributed by atoms with Crippen molar-refractivity contribution in [1.29, 1.82) is 0 Å². The first kappa shape index (κ1) is 17.8. The quantitative estimate of drug-likeness (QED) is 0.812. The molecule has 1 atom stereocenters. The minimum atomic E-state index is 0.0552. The number of likely N-dealkylation sites (tertiary alicyclic amines) is 1. The van der Waals surface area contributed by atoms with Gasteiger partial charge in [-0.15, -0.1) is 0 Å². The number of carbonyl (C=O) groups is 1. The molecule has 1 amide bonds. The third kappa shape index (κ3) is 3.63. The van der Waals surface area contributed by atoms with Gasteiger partial charge in [-0.1, -0.05) is 0 Å². The van der Waals surface area contributed by atoms with E-state index >= 15 is 0 Å². The van der Waals surface area contributed by atoms with Gasteiger partial charge < -0.3 is 9.80 Å². The zero-order chi connectivity index (χ0) is 18.9. The first-order valence-corrected chi connectivity index (χ1v) is 9.68. The molecule has 4 heterocycles. The molecule has 0 N–H and O–H groups in total. The minimum Gasteiger partial charge on any atom is -0.340 e. The minimum absolute atomic E-state index is 0.0552. The monoisotopic (exact) mass is 366 g/mol. The molecule has 7 nitrogen and oxygen atoms in total. The molecule has 1 unspecified atom stereocenters. The summed E-state index contributed by atoms with van der Waals surface area (Å²) in [5, 5.41) is 0. The molecule has 2 aromatic rings. The van der Waals surface area contributed by atoms with E-state index in [1.165, 1.54) is 0 Å². The molecule has 142 valence electrons. The van der Waals surface area contributed by atoms with E-state index < -0.39 is 0 Å². The highest BCUT2D eigenvalue weighted by atomic mass is 16.2. The second-order valence-electron chi connectivity index (χ2n) is 7.82. The van der Waals surface area contributed by atoms with Gasteiger partial charge in [0.15, 0.2) is 0 Å². The fourth-order valence-electron chi connectivity index (χ4n) is 4.51. The van der Waals surface area contributed by atoms with Crippen LogP contribution in [0.1, 0.15) is 47.6 Å². The van der Waals surface area contributed by atoms with Gasteiger partial charge in [-0.25, -0.2) is 19.9 Å². The first-order chi connectivity index (χ1) is 13.1. The van der Waals surface area contributed by atoms with Crippen LogP contribution in [0.15, 0.2) is 24.7 Å². The standard InChI is InChI=1S/C20H26N6O/c1-15-17(12-23-16(2)24-15)18(27)25-10-3-6-20(13-25)7-4-11-26(14-20)19-21-8-5-9-22-19/h5,8-9,12H,3-4,6-7,10-11,13-14H2,1-2H3. The van der Waals surface area contributed by atoms with E-state index in [2.05, 4.69) is 24.8 Å². The Hall–Kier alpha value is -2.57. The van der Waals surface area contributed by atoms with Crippen molar-refractivity contribution in [3.05, 3.63) is 41.7 Å². The fraction of sp³-hybridized carbons (Fsp3) is 0.550. The molecule has 0 aromatic carbocycles. The molecule has 7 heteroatoms. The summed E-state index contributed by atoms with van der Waals surface area (Å²) in [5.74, 6) is 1.55. The SMILES string of the molecule is Cc1ncc(C(=O)N2CCCC3(CCCN(c4ncccn4)C3)C2)c(C)n1. The number of amides is 1. The Morgan fingerprint density at radius 3 is 2.52 bits per heavy atom. The molecular formula is C20H26N6O. The van der Waals surface area contributed by atoms with Crippen LogP contribution in [0.5, 0.6) is 0 Å². The van der Waals surface area contributed by atoms with Gasteiger partial charge in [-0.3, -0.25) is 4.79 Å². The van der Waals surface area contributed by atoms with Gasteiger partial charge in [-0.05, 0) is 45.6 Å². The predicted octanol–water partition coefficient (Wildman–Crippen LogP) is 2.41. The van der Waals surface area contributed by atoms with Crippen LogP contribution in [0.3, 0.4) is 0 Å². The van der Waals surface area contributed by atoms with E-state index in [0.29, 0.717) is 11.4 Å². The highest BCUT2D eigenvalue weighted by molar-refractivity contribution is 5.95. The molecule has 0 bridgehead atoms. The normalized spacial score (nSPS) is 22.9. The van der Waals surface area contributed by atoms with E-state index in [0.717, 1.165) is 63.5 Å². The Morgan fingerprint density at radius 1 is 1.04 bits per heavy atom. The van der Waals surface area contributed by atoms with Gasteiger partial charge in [-0.2, -0.15) is 0 Å². The van der Waals surface area contributed by atoms with Gasteiger partial charge in [0.1, 0.15) is 5.82 Å². The molecule has 0 aliphatic carbocycles. The summed E-state index contributed by atoms with van der Waals surface area (Å²) in [5.41, 5.74) is 1.50. The number of hydrogen-bond acceptors (Lipinski definition) is 6. The Kier molecular flexibility index (Phi) is 4.76. The Balaban J connectivity index is 1.52. The van der Waals surface area contributed by atoms with Gasteiger partial charge in [0, 0.05) is 50.2 Å². The first-order valence-electron chi connectivity index (χ1n) is 9.68. The molecule has 1 spiro atoms. The van der Waals surface area contributed by atoms with Gasteiger partial charge in [0.05, 0.1) is 11.3 Å². The van der Waals surface area contributed by atoms with E-state index in [1.807, 2.05) is 24.8 Å². The second-order valence-corrected chi connectivity index (χ2v) is 7.82. The van der Waals surface area contributed by atoms with Crippen molar-refractivity contribution in [3.63, 3.8) is 0 Å². The maximum atomic E-state index is 13.1. The molecule has 27 heavy (non-hydrogen) atoms. The molecule has 0 radical (unpaired) electrons. The lowest BCUT2D eigenvalue weighted by atomic mass is 9.73. The molecule has 4 rings (SSSR count). The second kappa shape index (κ2) is 7.21. The summed E-state index contributed by atoms with van der Waals surface area (Å²) in [6.07, 6.45) is 9.67. The van der Waals surface area contributed by atoms with Crippen molar-refractivity contribution in [2.75, 3.05) is 31.1 Å². The lowest BCUT2D eigenvalue weighted by molar-refractivity contribution is 0.0463. The Morgan fingerprint density at radius 2 is 1.78 bits per heavy atom. The molecule has 2 aliphatic heterocycles. The maximum absolute atomic E-state index is 13.1.